The van der Waals surface area contributed by atoms with Crippen molar-refractivity contribution in [2.45, 2.75) is 39.8 Å². The van der Waals surface area contributed by atoms with Crippen LogP contribution in [-0.4, -0.2) is 16.3 Å². The molecule has 1 unspecified atom stereocenters. The molecule has 3 nitrogen and oxygen atoms in total. The first kappa shape index (κ1) is 14.7. The number of aryl methyl sites for hydroxylation is 2. The van der Waals surface area contributed by atoms with Crippen LogP contribution in [-0.2, 0) is 13.0 Å². The van der Waals surface area contributed by atoms with Crippen molar-refractivity contribution in [1.82, 2.24) is 15.1 Å². The molecule has 0 saturated heterocycles. The predicted octanol–water partition coefficient (Wildman–Crippen LogP) is 3.24. The van der Waals surface area contributed by atoms with Crippen molar-refractivity contribution >= 4 is 0 Å². The van der Waals surface area contributed by atoms with Gasteiger partial charge < -0.3 is 5.32 Å². The Bertz CT molecular complexity index is 545. The monoisotopic (exact) mass is 275 g/mol. The molecule has 1 heterocycles. The molecule has 1 N–H and O–H groups in total. The average molecular weight is 275 g/mol. The summed E-state index contributed by atoms with van der Waals surface area (Å²) in [7, 11) is 0. The van der Waals surface area contributed by atoms with E-state index in [1.165, 1.54) is 17.8 Å². The second-order valence-corrected chi connectivity index (χ2v) is 4.96. The van der Waals surface area contributed by atoms with Gasteiger partial charge in [-0.05, 0) is 44.2 Å². The van der Waals surface area contributed by atoms with Gasteiger partial charge in [0, 0.05) is 24.7 Å². The van der Waals surface area contributed by atoms with Crippen LogP contribution in [0.4, 0.5) is 4.39 Å². The first-order valence-electron chi connectivity index (χ1n) is 7.16. The van der Waals surface area contributed by atoms with Crippen LogP contribution < -0.4 is 5.32 Å². The van der Waals surface area contributed by atoms with E-state index in [0.29, 0.717) is 0 Å². The Kier molecular flexibility index (Phi) is 4.90. The van der Waals surface area contributed by atoms with E-state index >= 15 is 0 Å². The molecule has 0 spiro atoms. The molecule has 2 aromatic rings. The van der Waals surface area contributed by atoms with E-state index in [0.717, 1.165) is 30.8 Å². The van der Waals surface area contributed by atoms with Crippen molar-refractivity contribution in [2.24, 2.45) is 0 Å². The molecule has 0 fully saturated rings. The fourth-order valence-corrected chi connectivity index (χ4v) is 2.50. The third-order valence-electron chi connectivity index (χ3n) is 3.42. The molecule has 0 saturated carbocycles. The molecule has 0 aliphatic rings. The molecule has 1 atom stereocenters. The molecule has 20 heavy (non-hydrogen) atoms. The standard InChI is InChI=1S/C16H22FN3/c1-4-18-16(13-6-8-14(17)9-7-13)11-15-10-12(3)19-20(15)5-2/h6-10,16,18H,4-5,11H2,1-3H3. The molecule has 2 rings (SSSR count). The number of aromatic nitrogens is 2. The van der Waals surface area contributed by atoms with Crippen molar-refractivity contribution in [3.05, 3.63) is 53.1 Å². The molecule has 108 valence electrons. The summed E-state index contributed by atoms with van der Waals surface area (Å²) in [5, 5.41) is 7.94. The molecule has 0 aliphatic carbocycles. The lowest BCUT2D eigenvalue weighted by molar-refractivity contribution is 0.515. The summed E-state index contributed by atoms with van der Waals surface area (Å²) in [6, 6.07) is 9.04. The van der Waals surface area contributed by atoms with Gasteiger partial charge in [-0.3, -0.25) is 4.68 Å². The number of halogens is 1. The van der Waals surface area contributed by atoms with E-state index in [2.05, 4.69) is 30.3 Å². The van der Waals surface area contributed by atoms with Crippen LogP contribution in [0.25, 0.3) is 0 Å². The maximum atomic E-state index is 13.1. The summed E-state index contributed by atoms with van der Waals surface area (Å²) in [6.07, 6.45) is 0.855. The van der Waals surface area contributed by atoms with Crippen LogP contribution in [0.3, 0.4) is 0 Å². The number of hydrogen-bond donors (Lipinski definition) is 1. The maximum absolute atomic E-state index is 13.1. The van der Waals surface area contributed by atoms with Crippen LogP contribution in [0.1, 0.15) is 36.8 Å². The van der Waals surface area contributed by atoms with Gasteiger partial charge in [-0.25, -0.2) is 4.39 Å². The first-order chi connectivity index (χ1) is 9.63. The highest BCUT2D eigenvalue weighted by molar-refractivity contribution is 5.22. The highest BCUT2D eigenvalue weighted by Crippen LogP contribution is 2.19. The normalized spacial score (nSPS) is 12.6. The van der Waals surface area contributed by atoms with Crippen LogP contribution in [0, 0.1) is 12.7 Å². The summed E-state index contributed by atoms with van der Waals surface area (Å²) in [5.74, 6) is -0.196. The summed E-state index contributed by atoms with van der Waals surface area (Å²) in [6.45, 7) is 7.93. The van der Waals surface area contributed by atoms with Crippen LogP contribution >= 0.6 is 0 Å². The number of nitrogens with zero attached hydrogens (tertiary/aromatic N) is 2. The molecule has 0 amide bonds. The van der Waals surface area contributed by atoms with Gasteiger partial charge in [-0.2, -0.15) is 5.10 Å². The van der Waals surface area contributed by atoms with E-state index in [1.807, 2.05) is 23.7 Å². The lowest BCUT2D eigenvalue weighted by Gasteiger charge is -2.19. The van der Waals surface area contributed by atoms with E-state index in [1.54, 1.807) is 0 Å². The minimum Gasteiger partial charge on any atom is -0.310 e. The van der Waals surface area contributed by atoms with Crippen molar-refractivity contribution in [2.75, 3.05) is 6.54 Å². The van der Waals surface area contributed by atoms with E-state index in [-0.39, 0.29) is 11.9 Å². The lowest BCUT2D eigenvalue weighted by atomic mass is 10.0. The number of rotatable bonds is 6. The van der Waals surface area contributed by atoms with Crippen LogP contribution in [0.2, 0.25) is 0 Å². The van der Waals surface area contributed by atoms with Crippen molar-refractivity contribution in [3.8, 4) is 0 Å². The molecule has 0 radical (unpaired) electrons. The molecule has 0 aliphatic heterocycles. The summed E-state index contributed by atoms with van der Waals surface area (Å²) in [5.41, 5.74) is 3.35. The van der Waals surface area contributed by atoms with Gasteiger partial charge in [0.05, 0.1) is 5.69 Å². The minimum atomic E-state index is -0.196. The Balaban J connectivity index is 2.22. The smallest absolute Gasteiger partial charge is 0.123 e. The quantitative estimate of drug-likeness (QED) is 0.877. The topological polar surface area (TPSA) is 29.9 Å². The van der Waals surface area contributed by atoms with Gasteiger partial charge in [-0.1, -0.05) is 19.1 Å². The Hall–Kier alpha value is -1.68. The summed E-state index contributed by atoms with van der Waals surface area (Å²) >= 11 is 0. The first-order valence-corrected chi connectivity index (χ1v) is 7.16. The summed E-state index contributed by atoms with van der Waals surface area (Å²) in [4.78, 5) is 0. The van der Waals surface area contributed by atoms with E-state index in [4.69, 9.17) is 0 Å². The molecular weight excluding hydrogens is 253 g/mol. The van der Waals surface area contributed by atoms with Crippen LogP contribution in [0.5, 0.6) is 0 Å². The fourth-order valence-electron chi connectivity index (χ4n) is 2.50. The SMILES string of the molecule is CCNC(Cc1cc(C)nn1CC)c1ccc(F)cc1. The Morgan fingerprint density at radius 1 is 1.25 bits per heavy atom. The predicted molar refractivity (Wildman–Crippen MR) is 79.2 cm³/mol. The third-order valence-corrected chi connectivity index (χ3v) is 3.42. The maximum Gasteiger partial charge on any atom is 0.123 e. The summed E-state index contributed by atoms with van der Waals surface area (Å²) < 4.78 is 15.1. The minimum absolute atomic E-state index is 0.182. The zero-order chi connectivity index (χ0) is 14.5. The second kappa shape index (κ2) is 6.66. The van der Waals surface area contributed by atoms with Crippen molar-refractivity contribution in [3.63, 3.8) is 0 Å². The molecule has 1 aromatic carbocycles. The van der Waals surface area contributed by atoms with E-state index in [9.17, 15) is 4.39 Å². The fraction of sp³-hybridized carbons (Fsp3) is 0.438. The van der Waals surface area contributed by atoms with Gasteiger partial charge >= 0.3 is 0 Å². The van der Waals surface area contributed by atoms with Gasteiger partial charge in [0.1, 0.15) is 5.82 Å². The van der Waals surface area contributed by atoms with Gasteiger partial charge in [0.25, 0.3) is 0 Å². The molecule has 4 heteroatoms. The third kappa shape index (κ3) is 3.45. The highest BCUT2D eigenvalue weighted by Gasteiger charge is 2.14. The van der Waals surface area contributed by atoms with Crippen molar-refractivity contribution < 1.29 is 4.39 Å². The largest absolute Gasteiger partial charge is 0.310 e. The van der Waals surface area contributed by atoms with Crippen molar-refractivity contribution in [1.29, 1.82) is 0 Å². The zero-order valence-electron chi connectivity index (χ0n) is 12.4. The van der Waals surface area contributed by atoms with Gasteiger partial charge in [0.15, 0.2) is 0 Å². The molecule has 1 aromatic heterocycles. The Morgan fingerprint density at radius 3 is 2.55 bits per heavy atom. The highest BCUT2D eigenvalue weighted by atomic mass is 19.1. The Morgan fingerprint density at radius 2 is 1.95 bits per heavy atom. The lowest BCUT2D eigenvalue weighted by Crippen LogP contribution is -2.24. The van der Waals surface area contributed by atoms with E-state index < -0.39 is 0 Å². The number of likely N-dealkylation sites (N-methyl/N-ethyl adjacent to an activating group) is 1. The number of hydrogen-bond acceptors (Lipinski definition) is 2. The van der Waals surface area contributed by atoms with Gasteiger partial charge in [0.2, 0.25) is 0 Å². The zero-order valence-corrected chi connectivity index (χ0v) is 12.4. The number of nitrogens with one attached hydrogen (secondary N) is 1. The molecular formula is C16H22FN3. The van der Waals surface area contributed by atoms with Gasteiger partial charge in [-0.15, -0.1) is 0 Å². The second-order valence-electron chi connectivity index (χ2n) is 4.96. The average Bonchev–Trinajstić information content (AvgIpc) is 2.79. The van der Waals surface area contributed by atoms with Crippen LogP contribution in [0.15, 0.2) is 30.3 Å². The Labute approximate surface area is 119 Å². The molecule has 0 bridgehead atoms. The number of benzene rings is 1.